The quantitative estimate of drug-likeness (QED) is 0.717. The standard InChI is InChI=1S/C24H30N4O3/c1-18(2)22(26-23(30)19-9-5-3-6-10-19)24(31)28-15-13-27(14-16-28)17-21(29)25-20-11-7-4-8-12-20/h3-12,18,22H,13-17H2,1-2H3,(H,25,29)(H,26,30). The molecule has 0 saturated carbocycles. The highest BCUT2D eigenvalue weighted by Gasteiger charge is 2.31. The van der Waals surface area contributed by atoms with E-state index in [9.17, 15) is 14.4 Å². The van der Waals surface area contributed by atoms with Gasteiger partial charge in [-0.1, -0.05) is 50.2 Å². The average Bonchev–Trinajstić information content (AvgIpc) is 2.78. The molecule has 1 aliphatic rings. The van der Waals surface area contributed by atoms with Gasteiger partial charge in [-0.3, -0.25) is 19.3 Å². The molecule has 3 amide bonds. The Kier molecular flexibility index (Phi) is 7.78. The highest BCUT2D eigenvalue weighted by Crippen LogP contribution is 2.12. The third kappa shape index (κ3) is 6.39. The van der Waals surface area contributed by atoms with Crippen LogP contribution in [0, 0.1) is 5.92 Å². The number of hydrogen-bond donors (Lipinski definition) is 2. The minimum Gasteiger partial charge on any atom is -0.340 e. The zero-order chi connectivity index (χ0) is 22.2. The van der Waals surface area contributed by atoms with Crippen molar-refractivity contribution in [2.75, 3.05) is 38.0 Å². The molecule has 1 fully saturated rings. The summed E-state index contributed by atoms with van der Waals surface area (Å²) in [6.07, 6.45) is 0. The molecular formula is C24H30N4O3. The number of carbonyl (C=O) groups excluding carboxylic acids is 3. The van der Waals surface area contributed by atoms with Crippen LogP contribution in [0.15, 0.2) is 60.7 Å². The first-order chi connectivity index (χ1) is 14.9. The Labute approximate surface area is 183 Å². The van der Waals surface area contributed by atoms with E-state index in [1.807, 2.05) is 55.1 Å². The first-order valence-electron chi connectivity index (χ1n) is 10.7. The summed E-state index contributed by atoms with van der Waals surface area (Å²) in [4.78, 5) is 41.7. The van der Waals surface area contributed by atoms with Crippen molar-refractivity contribution < 1.29 is 14.4 Å². The van der Waals surface area contributed by atoms with Crippen molar-refractivity contribution in [3.63, 3.8) is 0 Å². The molecule has 0 spiro atoms. The van der Waals surface area contributed by atoms with E-state index >= 15 is 0 Å². The molecule has 1 unspecified atom stereocenters. The van der Waals surface area contributed by atoms with Gasteiger partial charge in [-0.15, -0.1) is 0 Å². The lowest BCUT2D eigenvalue weighted by Gasteiger charge is -2.37. The van der Waals surface area contributed by atoms with Crippen LogP contribution in [0.5, 0.6) is 0 Å². The van der Waals surface area contributed by atoms with E-state index in [0.29, 0.717) is 31.7 Å². The lowest BCUT2D eigenvalue weighted by atomic mass is 10.0. The van der Waals surface area contributed by atoms with Crippen molar-refractivity contribution in [2.45, 2.75) is 19.9 Å². The van der Waals surface area contributed by atoms with Crippen LogP contribution in [-0.2, 0) is 9.59 Å². The van der Waals surface area contributed by atoms with Crippen LogP contribution in [-0.4, -0.2) is 66.3 Å². The zero-order valence-corrected chi connectivity index (χ0v) is 18.1. The van der Waals surface area contributed by atoms with Crippen LogP contribution >= 0.6 is 0 Å². The van der Waals surface area contributed by atoms with Gasteiger partial charge in [-0.2, -0.15) is 0 Å². The Morgan fingerprint density at radius 1 is 0.871 bits per heavy atom. The molecule has 1 saturated heterocycles. The largest absolute Gasteiger partial charge is 0.340 e. The molecule has 3 rings (SSSR count). The number of hydrogen-bond acceptors (Lipinski definition) is 4. The van der Waals surface area contributed by atoms with Crippen LogP contribution in [0.2, 0.25) is 0 Å². The summed E-state index contributed by atoms with van der Waals surface area (Å²) in [6, 6.07) is 17.7. The summed E-state index contributed by atoms with van der Waals surface area (Å²) >= 11 is 0. The SMILES string of the molecule is CC(C)C(NC(=O)c1ccccc1)C(=O)N1CCN(CC(=O)Nc2ccccc2)CC1. The number of nitrogens with zero attached hydrogens (tertiary/aromatic N) is 2. The highest BCUT2D eigenvalue weighted by molar-refractivity contribution is 5.97. The van der Waals surface area contributed by atoms with E-state index in [0.717, 1.165) is 5.69 Å². The number of benzene rings is 2. The van der Waals surface area contributed by atoms with E-state index in [1.54, 1.807) is 29.2 Å². The van der Waals surface area contributed by atoms with Crippen molar-refractivity contribution in [3.8, 4) is 0 Å². The van der Waals surface area contributed by atoms with Crippen molar-refractivity contribution in [2.24, 2.45) is 5.92 Å². The summed E-state index contributed by atoms with van der Waals surface area (Å²) < 4.78 is 0. The monoisotopic (exact) mass is 422 g/mol. The summed E-state index contributed by atoms with van der Waals surface area (Å²) in [7, 11) is 0. The molecule has 7 nitrogen and oxygen atoms in total. The zero-order valence-electron chi connectivity index (χ0n) is 18.1. The molecule has 0 aliphatic carbocycles. The third-order valence-electron chi connectivity index (χ3n) is 5.36. The molecule has 2 aromatic carbocycles. The average molecular weight is 423 g/mol. The van der Waals surface area contributed by atoms with Crippen LogP contribution in [0.3, 0.4) is 0 Å². The minimum atomic E-state index is -0.583. The molecule has 1 aliphatic heterocycles. The Bertz CT molecular complexity index is 878. The Balaban J connectivity index is 1.50. The van der Waals surface area contributed by atoms with Crippen molar-refractivity contribution >= 4 is 23.4 Å². The number of piperazine rings is 1. The lowest BCUT2D eigenvalue weighted by Crippen LogP contribution is -2.57. The van der Waals surface area contributed by atoms with E-state index in [-0.39, 0.29) is 30.2 Å². The lowest BCUT2D eigenvalue weighted by molar-refractivity contribution is -0.136. The van der Waals surface area contributed by atoms with E-state index in [2.05, 4.69) is 10.6 Å². The maximum absolute atomic E-state index is 13.1. The minimum absolute atomic E-state index is 0.0326. The van der Waals surface area contributed by atoms with Crippen molar-refractivity contribution in [1.82, 2.24) is 15.1 Å². The number of amides is 3. The second kappa shape index (κ2) is 10.7. The summed E-state index contributed by atoms with van der Waals surface area (Å²) in [5, 5.41) is 5.78. The summed E-state index contributed by atoms with van der Waals surface area (Å²) in [5.41, 5.74) is 1.31. The van der Waals surface area contributed by atoms with Gasteiger partial charge in [0.25, 0.3) is 5.91 Å². The van der Waals surface area contributed by atoms with Crippen molar-refractivity contribution in [3.05, 3.63) is 66.2 Å². The smallest absolute Gasteiger partial charge is 0.251 e. The molecule has 164 valence electrons. The molecule has 31 heavy (non-hydrogen) atoms. The van der Waals surface area contributed by atoms with E-state index < -0.39 is 6.04 Å². The molecule has 0 aromatic heterocycles. The molecule has 7 heteroatoms. The first-order valence-corrected chi connectivity index (χ1v) is 10.7. The fourth-order valence-electron chi connectivity index (χ4n) is 3.58. The molecular weight excluding hydrogens is 392 g/mol. The molecule has 1 atom stereocenters. The number of para-hydroxylation sites is 1. The van der Waals surface area contributed by atoms with Gasteiger partial charge in [0.1, 0.15) is 6.04 Å². The first kappa shape index (κ1) is 22.5. The van der Waals surface area contributed by atoms with Crippen LogP contribution in [0.4, 0.5) is 5.69 Å². The van der Waals surface area contributed by atoms with Gasteiger partial charge in [0, 0.05) is 37.4 Å². The van der Waals surface area contributed by atoms with Gasteiger partial charge < -0.3 is 15.5 Å². The fourth-order valence-corrected chi connectivity index (χ4v) is 3.58. The Morgan fingerprint density at radius 2 is 1.45 bits per heavy atom. The Hall–Kier alpha value is -3.19. The van der Waals surface area contributed by atoms with Gasteiger partial charge in [0.15, 0.2) is 0 Å². The molecule has 0 bridgehead atoms. The normalized spacial score (nSPS) is 15.4. The van der Waals surface area contributed by atoms with Crippen LogP contribution in [0.25, 0.3) is 0 Å². The fraction of sp³-hybridized carbons (Fsp3) is 0.375. The van der Waals surface area contributed by atoms with Gasteiger partial charge in [0.05, 0.1) is 6.54 Å². The molecule has 2 aromatic rings. The predicted octanol–water partition coefficient (Wildman–Crippen LogP) is 2.22. The molecule has 2 N–H and O–H groups in total. The third-order valence-corrected chi connectivity index (χ3v) is 5.36. The van der Waals surface area contributed by atoms with Gasteiger partial charge in [-0.05, 0) is 30.2 Å². The van der Waals surface area contributed by atoms with Crippen LogP contribution in [0.1, 0.15) is 24.2 Å². The van der Waals surface area contributed by atoms with Gasteiger partial charge in [0.2, 0.25) is 11.8 Å². The van der Waals surface area contributed by atoms with E-state index in [4.69, 9.17) is 0 Å². The highest BCUT2D eigenvalue weighted by atomic mass is 16.2. The number of rotatable bonds is 7. The predicted molar refractivity (Wildman–Crippen MR) is 121 cm³/mol. The number of anilines is 1. The van der Waals surface area contributed by atoms with E-state index in [1.165, 1.54) is 0 Å². The topological polar surface area (TPSA) is 81.8 Å². The van der Waals surface area contributed by atoms with Crippen LogP contribution < -0.4 is 10.6 Å². The molecule has 0 radical (unpaired) electrons. The Morgan fingerprint density at radius 3 is 2.03 bits per heavy atom. The second-order valence-electron chi connectivity index (χ2n) is 8.08. The van der Waals surface area contributed by atoms with Crippen molar-refractivity contribution in [1.29, 1.82) is 0 Å². The number of nitrogens with one attached hydrogen (secondary N) is 2. The maximum atomic E-state index is 13.1. The molecule has 1 heterocycles. The summed E-state index contributed by atoms with van der Waals surface area (Å²) in [6.45, 7) is 6.44. The number of carbonyl (C=O) groups is 3. The second-order valence-corrected chi connectivity index (χ2v) is 8.08. The van der Waals surface area contributed by atoms with Gasteiger partial charge in [-0.25, -0.2) is 0 Å². The maximum Gasteiger partial charge on any atom is 0.251 e. The van der Waals surface area contributed by atoms with Gasteiger partial charge >= 0.3 is 0 Å². The summed E-state index contributed by atoms with van der Waals surface area (Å²) in [5.74, 6) is -0.424.